The largest absolute Gasteiger partial charge is 0.489 e. The van der Waals surface area contributed by atoms with Crippen LogP contribution >= 0.6 is 0 Å². The van der Waals surface area contributed by atoms with Crippen molar-refractivity contribution in [3.8, 4) is 17.2 Å². The Labute approximate surface area is 400 Å². The maximum absolute atomic E-state index is 14.8. The number of hydrogen-bond acceptors (Lipinski definition) is 12. The van der Waals surface area contributed by atoms with Crippen LogP contribution in [-0.2, 0) is 10.0 Å². The summed E-state index contributed by atoms with van der Waals surface area (Å²) in [6, 6.07) is 17.6. The Balaban J connectivity index is 0.884. The number of carbonyl (C=O) groups is 1. The molecular formula is C51H57FN8O8S. The van der Waals surface area contributed by atoms with Gasteiger partial charge in [0.2, 0.25) is 5.65 Å². The van der Waals surface area contributed by atoms with Crippen molar-refractivity contribution < 1.29 is 37.1 Å². The lowest BCUT2D eigenvalue weighted by Gasteiger charge is -2.56. The number of likely N-dealkylation sites (tertiary alicyclic amines) is 1. The molecule has 3 aliphatic heterocycles. The van der Waals surface area contributed by atoms with E-state index >= 15 is 0 Å². The van der Waals surface area contributed by atoms with Gasteiger partial charge >= 0.3 is 5.82 Å². The van der Waals surface area contributed by atoms with E-state index in [1.54, 1.807) is 19.1 Å². The number of H-pyrrole nitrogens is 1. The van der Waals surface area contributed by atoms with Crippen LogP contribution in [0.3, 0.4) is 0 Å². The number of amides is 1. The fraction of sp³-hybridized carbons (Fsp3) is 0.471. The molecule has 69 heavy (non-hydrogen) atoms. The van der Waals surface area contributed by atoms with Crippen molar-refractivity contribution in [2.75, 3.05) is 36.5 Å². The zero-order valence-corrected chi connectivity index (χ0v) is 39.8. The highest BCUT2D eigenvalue weighted by Gasteiger charge is 2.50. The summed E-state index contributed by atoms with van der Waals surface area (Å²) in [6.07, 6.45) is 10.2. The molecule has 3 aromatic carbocycles. The lowest BCUT2D eigenvalue weighted by Crippen LogP contribution is -2.54. The van der Waals surface area contributed by atoms with Crippen LogP contribution in [0.4, 0.5) is 27.3 Å². The molecule has 2 saturated carbocycles. The van der Waals surface area contributed by atoms with Crippen LogP contribution in [0.1, 0.15) is 118 Å². The number of sulfonamides is 1. The summed E-state index contributed by atoms with van der Waals surface area (Å²) in [7, 11) is -4.77. The molecule has 2 aliphatic carbocycles. The topological polar surface area (TPSA) is 197 Å². The standard InChI is InChI=1S/C51H57FN8O8S/c1-30(2)35-8-5-6-9-36(35)41-10-7-19-59(41)33-26-51(27-33)17-20-58(21-18-51)32-11-12-37(43(22-32)68-45-25-38-39(52)28-54-47(38)56-48(45)53-4)49(61)57-69(65,66)34-23-42(60(63)64)46-44(24-34)67-29-40(55-46)31-13-15-50(3,62)16-14-31/h5-6,8-9,11-12,22-25,28,30-31,33,40-41,55,62H,7,10,13-21,26-27,29H2,1-3H3,(H,54,56)(H,57,61)/t31?,40-,41+,50?/m1/s1. The second kappa shape index (κ2) is 17.9. The average Bonchev–Trinajstić information content (AvgIpc) is 3.96. The molecule has 0 radical (unpaired) electrons. The molecule has 2 saturated heterocycles. The van der Waals surface area contributed by atoms with Gasteiger partial charge in [-0.05, 0) is 124 Å². The molecule has 4 N–H and O–H groups in total. The van der Waals surface area contributed by atoms with E-state index < -0.39 is 42.9 Å². The summed E-state index contributed by atoms with van der Waals surface area (Å²) < 4.78 is 57.2. The smallest absolute Gasteiger partial charge is 0.314 e. The summed E-state index contributed by atoms with van der Waals surface area (Å²) in [6.45, 7) is 16.8. The zero-order valence-electron chi connectivity index (χ0n) is 39.0. The number of nitrogens with one attached hydrogen (secondary N) is 3. The van der Waals surface area contributed by atoms with Crippen molar-refractivity contribution in [2.24, 2.45) is 11.3 Å². The quantitative estimate of drug-likeness (QED) is 0.0557. The number of nitrogens with zero attached hydrogens (tertiary/aromatic N) is 5. The van der Waals surface area contributed by atoms with Crippen LogP contribution in [-0.4, -0.2) is 83.1 Å². The van der Waals surface area contributed by atoms with Crippen LogP contribution in [0.15, 0.2) is 71.8 Å². The van der Waals surface area contributed by atoms with Crippen molar-refractivity contribution in [3.63, 3.8) is 0 Å². The lowest BCUT2D eigenvalue weighted by molar-refractivity contribution is -0.384. The first-order valence-electron chi connectivity index (χ1n) is 24.0. The Morgan fingerprint density at radius 1 is 1.06 bits per heavy atom. The SMILES string of the molecule is [C-]#[N+]c1nc2[nH]cc(F)c2cc1Oc1cc(N2CCC3(CC2)CC(N2CCC[C@H]2c2ccccc2C(C)C)C3)ccc1C(=O)NS(=O)(=O)c1cc2c(c([N+](=O)[O-])c1)N[C@@H](C1CCC(C)(O)CC1)CO2. The highest BCUT2D eigenvalue weighted by Crippen LogP contribution is 2.54. The maximum Gasteiger partial charge on any atom is 0.314 e. The molecule has 10 rings (SSSR count). The lowest BCUT2D eigenvalue weighted by atomic mass is 9.59. The zero-order chi connectivity index (χ0) is 48.4. The molecule has 5 heterocycles. The summed E-state index contributed by atoms with van der Waals surface area (Å²) >= 11 is 0. The minimum atomic E-state index is -4.77. The maximum atomic E-state index is 14.8. The van der Waals surface area contributed by atoms with E-state index in [1.165, 1.54) is 36.1 Å². The monoisotopic (exact) mass is 960 g/mol. The van der Waals surface area contributed by atoms with E-state index in [1.807, 2.05) is 0 Å². The summed E-state index contributed by atoms with van der Waals surface area (Å²) in [5.41, 5.74) is 2.45. The summed E-state index contributed by atoms with van der Waals surface area (Å²) in [4.78, 5) is 40.7. The predicted octanol–water partition coefficient (Wildman–Crippen LogP) is 9.90. The second-order valence-electron chi connectivity index (χ2n) is 20.4. The highest BCUT2D eigenvalue weighted by atomic mass is 32.2. The van der Waals surface area contributed by atoms with Gasteiger partial charge in [0.1, 0.15) is 12.4 Å². The Bertz CT molecular complexity index is 2980. The van der Waals surface area contributed by atoms with Gasteiger partial charge in [-0.2, -0.15) is 0 Å². The number of piperidine rings is 1. The van der Waals surface area contributed by atoms with E-state index in [9.17, 15) is 32.8 Å². The second-order valence-corrected chi connectivity index (χ2v) is 22.1. The van der Waals surface area contributed by atoms with Gasteiger partial charge in [-0.3, -0.25) is 19.8 Å². The van der Waals surface area contributed by atoms with Crippen molar-refractivity contribution in [2.45, 2.75) is 120 Å². The number of halogens is 1. The number of hydrogen-bond donors (Lipinski definition) is 4. The first-order chi connectivity index (χ1) is 33.0. The van der Waals surface area contributed by atoms with Gasteiger partial charge in [-0.1, -0.05) is 49.7 Å². The van der Waals surface area contributed by atoms with E-state index in [-0.39, 0.29) is 69.3 Å². The van der Waals surface area contributed by atoms with Crippen LogP contribution in [0, 0.1) is 33.8 Å². The van der Waals surface area contributed by atoms with Crippen molar-refractivity contribution in [3.05, 3.63) is 111 Å². The summed E-state index contributed by atoms with van der Waals surface area (Å²) in [5, 5.41) is 26.1. The molecule has 2 aromatic heterocycles. The molecule has 362 valence electrons. The molecule has 0 unspecified atom stereocenters. The number of aliphatic hydroxyl groups is 1. The van der Waals surface area contributed by atoms with Crippen molar-refractivity contribution in [1.29, 1.82) is 0 Å². The van der Waals surface area contributed by atoms with E-state index in [0.717, 1.165) is 63.6 Å². The normalized spacial score (nSPS) is 23.7. The third-order valence-electron chi connectivity index (χ3n) is 15.6. The van der Waals surface area contributed by atoms with E-state index in [4.69, 9.17) is 16.0 Å². The van der Waals surface area contributed by atoms with Gasteiger partial charge in [0.25, 0.3) is 21.6 Å². The first kappa shape index (κ1) is 46.4. The number of nitro groups is 1. The van der Waals surface area contributed by atoms with Gasteiger partial charge in [-0.15, -0.1) is 0 Å². The molecule has 4 fully saturated rings. The molecule has 5 aromatic rings. The third kappa shape index (κ3) is 8.96. The molecule has 18 heteroatoms. The Morgan fingerprint density at radius 2 is 1.81 bits per heavy atom. The molecule has 0 bridgehead atoms. The van der Waals surface area contributed by atoms with Crippen LogP contribution in [0.5, 0.6) is 17.2 Å². The van der Waals surface area contributed by atoms with Gasteiger partial charge < -0.3 is 34.6 Å². The van der Waals surface area contributed by atoms with Crippen LogP contribution in [0.25, 0.3) is 15.9 Å². The van der Waals surface area contributed by atoms with Crippen LogP contribution in [0.2, 0.25) is 0 Å². The van der Waals surface area contributed by atoms with E-state index in [2.05, 4.69) is 72.8 Å². The van der Waals surface area contributed by atoms with Crippen molar-refractivity contribution in [1.82, 2.24) is 19.6 Å². The minimum absolute atomic E-state index is 0.0365. The number of aromatic amines is 1. The number of rotatable bonds is 11. The van der Waals surface area contributed by atoms with E-state index in [0.29, 0.717) is 49.4 Å². The Morgan fingerprint density at radius 3 is 2.54 bits per heavy atom. The molecule has 1 amide bonds. The number of fused-ring (bicyclic) bond motifs is 2. The molecule has 5 aliphatic rings. The fourth-order valence-electron chi connectivity index (χ4n) is 11.7. The van der Waals surface area contributed by atoms with Gasteiger partial charge in [0.05, 0.1) is 32.4 Å². The van der Waals surface area contributed by atoms with Gasteiger partial charge in [0.15, 0.2) is 23.0 Å². The Kier molecular flexibility index (Phi) is 12.1. The molecule has 16 nitrogen and oxygen atoms in total. The predicted molar refractivity (Wildman–Crippen MR) is 258 cm³/mol. The number of benzene rings is 3. The first-order valence-corrected chi connectivity index (χ1v) is 25.5. The minimum Gasteiger partial charge on any atom is -0.489 e. The summed E-state index contributed by atoms with van der Waals surface area (Å²) in [5.74, 6) is -1.72. The number of nitro benzene ring substituents is 1. The number of pyridine rings is 1. The number of anilines is 2. The number of ether oxygens (including phenoxy) is 2. The molecular weight excluding hydrogens is 904 g/mol. The Hall–Kier alpha value is -6.29. The molecule has 1 spiro atoms. The number of carbonyl (C=O) groups excluding carboxylic acids is 1. The fourth-order valence-corrected chi connectivity index (χ4v) is 12.7. The van der Waals surface area contributed by atoms with Gasteiger partial charge in [-0.25, -0.2) is 17.5 Å². The average molecular weight is 961 g/mol. The van der Waals surface area contributed by atoms with Crippen molar-refractivity contribution >= 4 is 49.8 Å². The number of aromatic nitrogens is 2. The third-order valence-corrected chi connectivity index (χ3v) is 16.9. The van der Waals surface area contributed by atoms with Crippen LogP contribution < -0.4 is 24.4 Å². The van der Waals surface area contributed by atoms with Gasteiger partial charge in [0, 0.05) is 55.3 Å². The molecule has 2 atom stereocenters. The highest BCUT2D eigenvalue weighted by molar-refractivity contribution is 7.90.